The Morgan fingerprint density at radius 2 is 2.00 bits per heavy atom. The van der Waals surface area contributed by atoms with E-state index in [1.54, 1.807) is 10.6 Å². The summed E-state index contributed by atoms with van der Waals surface area (Å²) in [6, 6.07) is -0.301. The van der Waals surface area contributed by atoms with Crippen molar-refractivity contribution in [3.05, 3.63) is 0 Å². The second-order valence-corrected chi connectivity index (χ2v) is 4.42. The molecule has 90 valence electrons. The number of ether oxygens (including phenoxy) is 1. The number of methoxy groups -OCH3 is 1. The average Bonchev–Trinajstić information content (AvgIpc) is 2.30. The normalized spacial score (nSPS) is 23.6. The van der Waals surface area contributed by atoms with Crippen LogP contribution >= 0.6 is 0 Å². The first-order valence-electron chi connectivity index (χ1n) is 5.35. The molecule has 5 heteroatoms. The predicted octanol–water partition coefficient (Wildman–Crippen LogP) is 1.33. The molecule has 0 radical (unpaired) electrons. The molecule has 1 saturated heterocycles. The number of carbonyl (C=O) groups excluding carboxylic acids is 1. The molecule has 0 N–H and O–H groups in total. The van der Waals surface area contributed by atoms with Crippen LogP contribution in [0.15, 0.2) is 0 Å². The Hall–Kier alpha value is -0.420. The van der Waals surface area contributed by atoms with Crippen molar-refractivity contribution in [1.29, 1.82) is 0 Å². The lowest BCUT2D eigenvalue weighted by Gasteiger charge is -2.30. The van der Waals surface area contributed by atoms with Crippen LogP contribution in [0, 0.1) is 0 Å². The lowest BCUT2D eigenvalue weighted by molar-refractivity contribution is -0.145. The molecule has 0 aliphatic carbocycles. The molecule has 4 nitrogen and oxygen atoms in total. The van der Waals surface area contributed by atoms with Gasteiger partial charge in [0.05, 0.1) is 18.1 Å². The Morgan fingerprint density at radius 3 is 2.47 bits per heavy atom. The molecule has 0 aromatic carbocycles. The summed E-state index contributed by atoms with van der Waals surface area (Å²) in [6.07, 6.45) is 4.37. The van der Waals surface area contributed by atoms with Crippen molar-refractivity contribution in [2.24, 2.45) is 0 Å². The van der Waals surface area contributed by atoms with Crippen LogP contribution in [0.5, 0.6) is 0 Å². The topological polar surface area (TPSA) is 46.6 Å². The van der Waals surface area contributed by atoms with Gasteiger partial charge >= 0.3 is 5.97 Å². The first-order chi connectivity index (χ1) is 7.16. The van der Waals surface area contributed by atoms with Crippen LogP contribution in [0.25, 0.3) is 0 Å². The maximum atomic E-state index is 11.3. The van der Waals surface area contributed by atoms with Crippen molar-refractivity contribution < 1.29 is 13.7 Å². The number of nitrogens with zero attached hydrogens (tertiary/aromatic N) is 1. The van der Waals surface area contributed by atoms with Gasteiger partial charge in [-0.25, -0.2) is 8.51 Å². The minimum Gasteiger partial charge on any atom is -0.468 e. The molecule has 0 aromatic rings. The third-order valence-electron chi connectivity index (χ3n) is 2.26. The van der Waals surface area contributed by atoms with Crippen LogP contribution in [0.2, 0.25) is 0 Å². The Labute approximate surface area is 94.6 Å². The van der Waals surface area contributed by atoms with E-state index in [-0.39, 0.29) is 12.0 Å². The summed E-state index contributed by atoms with van der Waals surface area (Å²) in [5.41, 5.74) is 0. The van der Waals surface area contributed by atoms with Crippen molar-refractivity contribution in [2.75, 3.05) is 19.9 Å². The summed E-state index contributed by atoms with van der Waals surface area (Å²) in [6.45, 7) is 4.73. The molecule has 0 amide bonds. The maximum Gasteiger partial charge on any atom is 0.324 e. The first kappa shape index (κ1) is 14.6. The average molecular weight is 235 g/mol. The Bertz CT molecular complexity index is 221. The van der Waals surface area contributed by atoms with Crippen LogP contribution < -0.4 is 0 Å². The molecular weight excluding hydrogens is 214 g/mol. The SMILES string of the molecule is CC.COC(=O)C1CCCCN1S(C)=O. The molecule has 2 atom stereocenters. The van der Waals surface area contributed by atoms with Gasteiger partial charge in [0.15, 0.2) is 0 Å². The van der Waals surface area contributed by atoms with Gasteiger partial charge in [0.25, 0.3) is 0 Å². The number of piperidine rings is 1. The highest BCUT2D eigenvalue weighted by atomic mass is 32.2. The van der Waals surface area contributed by atoms with E-state index in [0.717, 1.165) is 25.8 Å². The highest BCUT2D eigenvalue weighted by molar-refractivity contribution is 7.81. The summed E-state index contributed by atoms with van der Waals surface area (Å²) >= 11 is 0. The molecule has 0 bridgehead atoms. The van der Waals surface area contributed by atoms with Crippen LogP contribution in [0.1, 0.15) is 33.1 Å². The Balaban J connectivity index is 0.000000921. The van der Waals surface area contributed by atoms with E-state index in [0.29, 0.717) is 0 Å². The van der Waals surface area contributed by atoms with Gasteiger partial charge in [-0.05, 0) is 19.3 Å². The molecule has 0 aromatic heterocycles. The van der Waals surface area contributed by atoms with Crippen molar-refractivity contribution in [2.45, 2.75) is 39.2 Å². The zero-order chi connectivity index (χ0) is 11.8. The quantitative estimate of drug-likeness (QED) is 0.678. The third-order valence-corrected chi connectivity index (χ3v) is 3.35. The van der Waals surface area contributed by atoms with Crippen LogP contribution in [-0.2, 0) is 20.5 Å². The maximum absolute atomic E-state index is 11.3. The zero-order valence-electron chi connectivity index (χ0n) is 9.99. The predicted molar refractivity (Wildman–Crippen MR) is 61.8 cm³/mol. The van der Waals surface area contributed by atoms with Gasteiger partial charge < -0.3 is 4.74 Å². The smallest absolute Gasteiger partial charge is 0.324 e. The fourth-order valence-corrected chi connectivity index (χ4v) is 2.52. The van der Waals surface area contributed by atoms with E-state index in [1.807, 2.05) is 13.8 Å². The van der Waals surface area contributed by atoms with E-state index >= 15 is 0 Å². The number of rotatable bonds is 2. The molecule has 1 aliphatic rings. The summed E-state index contributed by atoms with van der Waals surface area (Å²) in [7, 11) is 0.297. The summed E-state index contributed by atoms with van der Waals surface area (Å²) < 4.78 is 17.6. The highest BCUT2D eigenvalue weighted by Gasteiger charge is 2.31. The van der Waals surface area contributed by atoms with E-state index in [9.17, 15) is 9.00 Å². The molecule has 1 rings (SSSR count). The monoisotopic (exact) mass is 235 g/mol. The van der Waals surface area contributed by atoms with Gasteiger partial charge in [0.2, 0.25) is 0 Å². The lowest BCUT2D eigenvalue weighted by atomic mass is 10.1. The Kier molecular flexibility index (Phi) is 7.60. The van der Waals surface area contributed by atoms with E-state index in [2.05, 4.69) is 4.74 Å². The molecule has 15 heavy (non-hydrogen) atoms. The van der Waals surface area contributed by atoms with Crippen LogP contribution in [0.3, 0.4) is 0 Å². The molecule has 1 fully saturated rings. The molecule has 2 unspecified atom stereocenters. The molecule has 0 saturated carbocycles. The third kappa shape index (κ3) is 4.30. The van der Waals surface area contributed by atoms with Gasteiger partial charge in [-0.3, -0.25) is 4.79 Å². The number of esters is 1. The fourth-order valence-electron chi connectivity index (χ4n) is 1.58. The van der Waals surface area contributed by atoms with E-state index < -0.39 is 11.0 Å². The lowest BCUT2D eigenvalue weighted by Crippen LogP contribution is -2.45. The summed E-state index contributed by atoms with van der Waals surface area (Å²) in [5.74, 6) is -0.269. The highest BCUT2D eigenvalue weighted by Crippen LogP contribution is 2.18. The van der Waals surface area contributed by atoms with Crippen molar-refractivity contribution in [1.82, 2.24) is 4.31 Å². The minimum absolute atomic E-state index is 0.269. The second-order valence-electron chi connectivity index (χ2n) is 3.10. The number of hydrogen-bond acceptors (Lipinski definition) is 3. The molecule has 0 spiro atoms. The van der Waals surface area contributed by atoms with Gasteiger partial charge in [-0.15, -0.1) is 0 Å². The van der Waals surface area contributed by atoms with Crippen LogP contribution in [0.4, 0.5) is 0 Å². The van der Waals surface area contributed by atoms with E-state index in [1.165, 1.54) is 7.11 Å². The zero-order valence-corrected chi connectivity index (χ0v) is 10.8. The minimum atomic E-state index is -1.07. The number of hydrogen-bond donors (Lipinski definition) is 0. The molecule has 1 heterocycles. The molecular formula is C10H21NO3S. The van der Waals surface area contributed by atoms with Gasteiger partial charge in [-0.2, -0.15) is 0 Å². The Morgan fingerprint density at radius 1 is 1.40 bits per heavy atom. The van der Waals surface area contributed by atoms with Crippen molar-refractivity contribution >= 4 is 17.0 Å². The standard InChI is InChI=1S/C8H15NO3S.C2H6/c1-12-8(10)7-5-3-4-6-9(7)13(2)11;1-2/h7H,3-6H2,1-2H3;1-2H3. The largest absolute Gasteiger partial charge is 0.468 e. The number of carbonyl (C=O) groups is 1. The van der Waals surface area contributed by atoms with E-state index in [4.69, 9.17) is 0 Å². The van der Waals surface area contributed by atoms with Crippen LogP contribution in [-0.4, -0.2) is 40.4 Å². The first-order valence-corrected chi connectivity index (χ1v) is 6.86. The summed E-state index contributed by atoms with van der Waals surface area (Å²) in [5, 5.41) is 0. The fraction of sp³-hybridized carbons (Fsp3) is 0.900. The van der Waals surface area contributed by atoms with Crippen molar-refractivity contribution in [3.8, 4) is 0 Å². The van der Waals surface area contributed by atoms with Crippen molar-refractivity contribution in [3.63, 3.8) is 0 Å². The summed E-state index contributed by atoms with van der Waals surface area (Å²) in [4.78, 5) is 11.3. The van der Waals surface area contributed by atoms with Gasteiger partial charge in [0, 0.05) is 12.8 Å². The molecule has 1 aliphatic heterocycles. The van der Waals surface area contributed by atoms with Gasteiger partial charge in [0.1, 0.15) is 6.04 Å². The van der Waals surface area contributed by atoms with Gasteiger partial charge in [-0.1, -0.05) is 13.8 Å². The second kappa shape index (κ2) is 7.82.